The number of carbonyl (C=O) groups excluding carboxylic acids is 2. The molecule has 0 fully saturated rings. The van der Waals surface area contributed by atoms with Crippen LogP contribution in [0.1, 0.15) is 16.7 Å². The van der Waals surface area contributed by atoms with Gasteiger partial charge in [-0.25, -0.2) is 4.98 Å². The molecule has 0 saturated carbocycles. The van der Waals surface area contributed by atoms with Gasteiger partial charge in [0.05, 0.1) is 16.0 Å². The summed E-state index contributed by atoms with van der Waals surface area (Å²) >= 11 is 6.55. The lowest BCUT2D eigenvalue weighted by Gasteiger charge is -2.09. The second kappa shape index (κ2) is 10.7. The number of ether oxygens (including phenoxy) is 1. The Morgan fingerprint density at radius 2 is 1.79 bits per heavy atom. The zero-order chi connectivity index (χ0) is 24.2. The van der Waals surface area contributed by atoms with E-state index in [2.05, 4.69) is 45.3 Å². The lowest BCUT2D eigenvalue weighted by atomic mass is 10.2. The third-order valence-corrected chi connectivity index (χ3v) is 8.18. The lowest BCUT2D eigenvalue weighted by Crippen LogP contribution is -2.21. The maximum Gasteiger partial charge on any atom is 0.316 e. The molecule has 0 radical (unpaired) electrons. The molecular formula is C26H23BrN2O3S2. The molecule has 4 aromatic rings. The highest BCUT2D eigenvalue weighted by atomic mass is 79.9. The second-order valence-corrected chi connectivity index (χ2v) is 10.8. The van der Waals surface area contributed by atoms with E-state index in [4.69, 9.17) is 4.74 Å². The largest absolute Gasteiger partial charge is 0.455 e. The topological polar surface area (TPSA) is 68.3 Å². The molecule has 1 N–H and O–H groups in total. The van der Waals surface area contributed by atoms with Gasteiger partial charge in [0.25, 0.3) is 5.91 Å². The number of fused-ring (bicyclic) bond motifs is 1. The van der Waals surface area contributed by atoms with Crippen molar-refractivity contribution in [1.29, 1.82) is 0 Å². The molecule has 8 heteroatoms. The molecule has 0 aliphatic carbocycles. The molecule has 1 amide bonds. The molecule has 0 unspecified atom stereocenters. The van der Waals surface area contributed by atoms with Gasteiger partial charge in [-0.2, -0.15) is 0 Å². The number of thiazole rings is 1. The van der Waals surface area contributed by atoms with E-state index in [1.807, 2.05) is 56.3 Å². The van der Waals surface area contributed by atoms with E-state index in [0.717, 1.165) is 41.3 Å². The summed E-state index contributed by atoms with van der Waals surface area (Å²) < 4.78 is 7.33. The molecule has 0 spiro atoms. The van der Waals surface area contributed by atoms with Gasteiger partial charge in [-0.3, -0.25) is 9.59 Å². The van der Waals surface area contributed by atoms with Gasteiger partial charge in [-0.15, -0.1) is 23.1 Å². The van der Waals surface area contributed by atoms with Crippen molar-refractivity contribution in [2.45, 2.75) is 25.7 Å². The SMILES string of the molecule is Cc1ccc2nc(-c3ccc(NC(=O)COC(=O)CSc4cc(C)c(Br)cc4C)cc3)sc2c1. The number of nitrogens with one attached hydrogen (secondary N) is 1. The number of carbonyl (C=O) groups is 2. The van der Waals surface area contributed by atoms with Crippen LogP contribution in [0.2, 0.25) is 0 Å². The number of thioether (sulfide) groups is 1. The number of halogens is 1. The predicted octanol–water partition coefficient (Wildman–Crippen LogP) is 6.93. The lowest BCUT2D eigenvalue weighted by molar-refractivity contribution is -0.144. The van der Waals surface area contributed by atoms with Gasteiger partial charge in [0.15, 0.2) is 6.61 Å². The van der Waals surface area contributed by atoms with Crippen LogP contribution >= 0.6 is 39.0 Å². The summed E-state index contributed by atoms with van der Waals surface area (Å²) in [5.41, 5.74) is 5.99. The molecule has 0 atom stereocenters. The summed E-state index contributed by atoms with van der Waals surface area (Å²) in [6.45, 7) is 5.74. The van der Waals surface area contributed by atoms with Crippen molar-refractivity contribution in [2.24, 2.45) is 0 Å². The van der Waals surface area contributed by atoms with E-state index in [9.17, 15) is 9.59 Å². The van der Waals surface area contributed by atoms with Crippen LogP contribution in [0, 0.1) is 20.8 Å². The van der Waals surface area contributed by atoms with Crippen molar-refractivity contribution in [2.75, 3.05) is 17.7 Å². The Kier molecular flexibility index (Phi) is 7.70. The fraction of sp³-hybridized carbons (Fsp3) is 0.192. The normalized spacial score (nSPS) is 10.9. The van der Waals surface area contributed by atoms with Crippen molar-refractivity contribution in [3.05, 3.63) is 75.8 Å². The van der Waals surface area contributed by atoms with Crippen LogP contribution in [0.4, 0.5) is 5.69 Å². The number of esters is 1. The van der Waals surface area contributed by atoms with Gasteiger partial charge >= 0.3 is 5.97 Å². The molecule has 1 aromatic heterocycles. The van der Waals surface area contributed by atoms with E-state index in [0.29, 0.717) is 5.69 Å². The monoisotopic (exact) mass is 554 g/mol. The van der Waals surface area contributed by atoms with Crippen molar-refractivity contribution < 1.29 is 14.3 Å². The minimum atomic E-state index is -0.429. The molecule has 0 aliphatic rings. The van der Waals surface area contributed by atoms with Crippen LogP contribution in [0.3, 0.4) is 0 Å². The molecule has 0 saturated heterocycles. The highest BCUT2D eigenvalue weighted by Crippen LogP contribution is 2.31. The number of nitrogens with zero attached hydrogens (tertiary/aromatic N) is 1. The van der Waals surface area contributed by atoms with E-state index in [1.54, 1.807) is 11.3 Å². The first kappa shape index (κ1) is 24.4. The fourth-order valence-corrected chi connectivity index (χ4v) is 5.71. The van der Waals surface area contributed by atoms with Crippen LogP contribution in [0.25, 0.3) is 20.8 Å². The average Bonchev–Trinajstić information content (AvgIpc) is 3.23. The van der Waals surface area contributed by atoms with Crippen molar-refractivity contribution in [3.63, 3.8) is 0 Å². The number of anilines is 1. The zero-order valence-electron chi connectivity index (χ0n) is 19.0. The number of benzene rings is 3. The molecule has 0 bridgehead atoms. The number of aryl methyl sites for hydroxylation is 3. The number of aromatic nitrogens is 1. The van der Waals surface area contributed by atoms with E-state index >= 15 is 0 Å². The molecule has 174 valence electrons. The summed E-state index contributed by atoms with van der Waals surface area (Å²) in [7, 11) is 0. The molecule has 5 nitrogen and oxygen atoms in total. The van der Waals surface area contributed by atoms with Gasteiger partial charge < -0.3 is 10.1 Å². The molecular weight excluding hydrogens is 532 g/mol. The number of hydrogen-bond acceptors (Lipinski definition) is 6. The Morgan fingerprint density at radius 1 is 1.03 bits per heavy atom. The Morgan fingerprint density at radius 3 is 2.56 bits per heavy atom. The van der Waals surface area contributed by atoms with E-state index in [-0.39, 0.29) is 18.3 Å². The molecule has 34 heavy (non-hydrogen) atoms. The van der Waals surface area contributed by atoms with Gasteiger partial charge in [-0.1, -0.05) is 22.0 Å². The molecule has 1 heterocycles. The van der Waals surface area contributed by atoms with E-state index in [1.165, 1.54) is 17.3 Å². The van der Waals surface area contributed by atoms with Gasteiger partial charge in [0.1, 0.15) is 5.01 Å². The summed E-state index contributed by atoms with van der Waals surface area (Å²) in [5, 5.41) is 3.69. The highest BCUT2D eigenvalue weighted by molar-refractivity contribution is 9.10. The maximum atomic E-state index is 12.2. The number of amides is 1. The van der Waals surface area contributed by atoms with Gasteiger partial charge in [0.2, 0.25) is 0 Å². The van der Waals surface area contributed by atoms with Crippen LogP contribution < -0.4 is 5.32 Å². The molecule has 0 aliphatic heterocycles. The smallest absolute Gasteiger partial charge is 0.316 e. The molecule has 3 aromatic carbocycles. The van der Waals surface area contributed by atoms with Crippen molar-refractivity contribution >= 4 is 66.8 Å². The minimum Gasteiger partial charge on any atom is -0.455 e. The minimum absolute atomic E-state index is 0.144. The van der Waals surface area contributed by atoms with Crippen LogP contribution in [-0.4, -0.2) is 29.2 Å². The first-order chi connectivity index (χ1) is 16.3. The third-order valence-electron chi connectivity index (χ3n) is 5.13. The van der Waals surface area contributed by atoms with Crippen LogP contribution in [0.15, 0.2) is 64.0 Å². The summed E-state index contributed by atoms with van der Waals surface area (Å²) in [6, 6.07) is 17.8. The summed E-state index contributed by atoms with van der Waals surface area (Å²) in [4.78, 5) is 30.0. The van der Waals surface area contributed by atoms with Gasteiger partial charge in [-0.05, 0) is 86.0 Å². The standard InChI is InChI=1S/C26H23BrN2O3S2/c1-15-4-9-21-23(10-15)34-26(29-21)18-5-7-19(8-6-18)28-24(30)13-32-25(31)14-33-22-12-16(2)20(27)11-17(22)3/h4-12H,13-14H2,1-3H3,(H,28,30). The van der Waals surface area contributed by atoms with E-state index < -0.39 is 5.97 Å². The Labute approximate surface area is 215 Å². The maximum absolute atomic E-state index is 12.2. The summed E-state index contributed by atoms with van der Waals surface area (Å²) in [6.07, 6.45) is 0. The number of hydrogen-bond donors (Lipinski definition) is 1. The highest BCUT2D eigenvalue weighted by Gasteiger charge is 2.12. The average molecular weight is 556 g/mol. The third kappa shape index (κ3) is 6.05. The second-order valence-electron chi connectivity index (χ2n) is 7.93. The Balaban J connectivity index is 1.27. The zero-order valence-corrected chi connectivity index (χ0v) is 22.2. The Bertz CT molecular complexity index is 1370. The number of rotatable bonds is 7. The first-order valence-corrected chi connectivity index (χ1v) is 13.2. The van der Waals surface area contributed by atoms with Crippen LogP contribution in [-0.2, 0) is 14.3 Å². The predicted molar refractivity (Wildman–Crippen MR) is 144 cm³/mol. The van der Waals surface area contributed by atoms with Crippen LogP contribution in [0.5, 0.6) is 0 Å². The van der Waals surface area contributed by atoms with Gasteiger partial charge in [0, 0.05) is 20.6 Å². The van der Waals surface area contributed by atoms with Crippen molar-refractivity contribution in [3.8, 4) is 10.6 Å². The summed E-state index contributed by atoms with van der Waals surface area (Å²) in [5.74, 6) is -0.662. The first-order valence-electron chi connectivity index (χ1n) is 10.6. The molecule has 4 rings (SSSR count). The quantitative estimate of drug-likeness (QED) is 0.198. The fourth-order valence-electron chi connectivity index (χ4n) is 3.28. The Hall–Kier alpha value is -2.68. The van der Waals surface area contributed by atoms with Crippen molar-refractivity contribution in [1.82, 2.24) is 4.98 Å².